The minimum absolute atomic E-state index is 0.539. The molecule has 0 amide bonds. The lowest BCUT2D eigenvalue weighted by atomic mass is 9.76. The van der Waals surface area contributed by atoms with E-state index in [4.69, 9.17) is 0 Å². The first-order valence-corrected chi connectivity index (χ1v) is 5.33. The van der Waals surface area contributed by atoms with E-state index in [0.717, 1.165) is 24.7 Å². The van der Waals surface area contributed by atoms with E-state index in [9.17, 15) is 4.79 Å². The van der Waals surface area contributed by atoms with E-state index in [1.807, 2.05) is 0 Å². The maximum Gasteiger partial charge on any atom is 0.133 e. The van der Waals surface area contributed by atoms with Gasteiger partial charge in [-0.1, -0.05) is 6.42 Å². The average molecular weight is 164 g/mol. The van der Waals surface area contributed by atoms with Crippen molar-refractivity contribution in [1.29, 1.82) is 0 Å². The standard InChI is InChI=1S/C11H16O/c12-10-6-9-4-3-8-2-1-5-11(8,9)7-10/h8-9H,1-7H2. The molecular formula is C11H16O. The summed E-state index contributed by atoms with van der Waals surface area (Å²) in [5.74, 6) is 2.30. The van der Waals surface area contributed by atoms with Crippen LogP contribution in [0.4, 0.5) is 0 Å². The Morgan fingerprint density at radius 1 is 1.17 bits per heavy atom. The van der Waals surface area contributed by atoms with Gasteiger partial charge < -0.3 is 0 Å². The molecule has 1 spiro atoms. The van der Waals surface area contributed by atoms with Gasteiger partial charge in [0.2, 0.25) is 0 Å². The van der Waals surface area contributed by atoms with Crippen LogP contribution in [0.1, 0.15) is 44.9 Å². The second-order valence-electron chi connectivity index (χ2n) is 5.02. The Morgan fingerprint density at radius 2 is 2.00 bits per heavy atom. The summed E-state index contributed by atoms with van der Waals surface area (Å²) in [6, 6.07) is 0. The van der Waals surface area contributed by atoms with Crippen molar-refractivity contribution in [2.75, 3.05) is 0 Å². The molecule has 3 unspecified atom stereocenters. The van der Waals surface area contributed by atoms with Crippen LogP contribution in [0, 0.1) is 17.3 Å². The van der Waals surface area contributed by atoms with Gasteiger partial charge in [0.25, 0.3) is 0 Å². The Balaban J connectivity index is 1.99. The maximum absolute atomic E-state index is 11.4. The molecule has 66 valence electrons. The molecule has 3 aliphatic carbocycles. The molecule has 0 aliphatic heterocycles. The SMILES string of the molecule is O=C1CC2CCC3CCCC32C1. The molecule has 0 heterocycles. The van der Waals surface area contributed by atoms with Gasteiger partial charge in [0.05, 0.1) is 0 Å². The number of ketones is 1. The van der Waals surface area contributed by atoms with Crippen LogP contribution < -0.4 is 0 Å². The zero-order valence-electron chi connectivity index (χ0n) is 7.51. The van der Waals surface area contributed by atoms with Crippen LogP contribution in [0.3, 0.4) is 0 Å². The molecule has 3 rings (SSSR count). The molecular weight excluding hydrogens is 148 g/mol. The van der Waals surface area contributed by atoms with Gasteiger partial charge in [0.15, 0.2) is 0 Å². The molecule has 0 saturated heterocycles. The van der Waals surface area contributed by atoms with Crippen molar-refractivity contribution in [2.24, 2.45) is 17.3 Å². The third-order valence-corrected chi connectivity index (χ3v) is 4.68. The molecule has 0 radical (unpaired) electrons. The predicted octanol–water partition coefficient (Wildman–Crippen LogP) is 2.55. The van der Waals surface area contributed by atoms with Crippen LogP contribution >= 0.6 is 0 Å². The van der Waals surface area contributed by atoms with Crippen LogP contribution in [0.2, 0.25) is 0 Å². The monoisotopic (exact) mass is 164 g/mol. The van der Waals surface area contributed by atoms with Crippen molar-refractivity contribution >= 4 is 5.78 Å². The Bertz CT molecular complexity index is 233. The highest BCUT2D eigenvalue weighted by atomic mass is 16.1. The molecule has 0 bridgehead atoms. The van der Waals surface area contributed by atoms with E-state index >= 15 is 0 Å². The highest BCUT2D eigenvalue weighted by Crippen LogP contribution is 2.63. The van der Waals surface area contributed by atoms with Crippen LogP contribution in [-0.4, -0.2) is 5.78 Å². The molecule has 0 aromatic heterocycles. The molecule has 0 aromatic carbocycles. The first kappa shape index (κ1) is 7.11. The molecule has 3 saturated carbocycles. The fourth-order valence-electron chi connectivity index (χ4n) is 4.22. The molecule has 1 nitrogen and oxygen atoms in total. The van der Waals surface area contributed by atoms with Crippen LogP contribution in [0.5, 0.6) is 0 Å². The first-order chi connectivity index (χ1) is 5.81. The summed E-state index contributed by atoms with van der Waals surface area (Å²) in [7, 11) is 0. The van der Waals surface area contributed by atoms with Gasteiger partial charge >= 0.3 is 0 Å². The quantitative estimate of drug-likeness (QED) is 0.537. The van der Waals surface area contributed by atoms with Gasteiger partial charge in [0, 0.05) is 12.8 Å². The summed E-state index contributed by atoms with van der Waals surface area (Å²) in [6.45, 7) is 0. The topological polar surface area (TPSA) is 17.1 Å². The average Bonchev–Trinajstić information content (AvgIpc) is 2.57. The second-order valence-corrected chi connectivity index (χ2v) is 5.02. The summed E-state index contributed by atoms with van der Waals surface area (Å²) in [4.78, 5) is 11.4. The Labute approximate surface area is 73.5 Å². The normalized spacial score (nSPS) is 51.2. The van der Waals surface area contributed by atoms with Crippen LogP contribution in [0.15, 0.2) is 0 Å². The highest BCUT2D eigenvalue weighted by molar-refractivity contribution is 5.82. The summed E-state index contributed by atoms with van der Waals surface area (Å²) in [6.07, 6.45) is 8.85. The zero-order chi connectivity index (χ0) is 8.18. The molecule has 0 aromatic rings. The second kappa shape index (κ2) is 2.12. The minimum Gasteiger partial charge on any atom is -0.300 e. The zero-order valence-corrected chi connectivity index (χ0v) is 7.51. The van der Waals surface area contributed by atoms with Gasteiger partial charge in [-0.3, -0.25) is 4.79 Å². The summed E-state index contributed by atoms with van der Waals surface area (Å²) in [5, 5.41) is 0. The summed E-state index contributed by atoms with van der Waals surface area (Å²) in [5.41, 5.74) is 0.539. The smallest absolute Gasteiger partial charge is 0.133 e. The van der Waals surface area contributed by atoms with Crippen molar-refractivity contribution in [3.63, 3.8) is 0 Å². The van der Waals surface area contributed by atoms with E-state index in [1.165, 1.54) is 32.1 Å². The lowest BCUT2D eigenvalue weighted by Crippen LogP contribution is -2.22. The van der Waals surface area contributed by atoms with Crippen molar-refractivity contribution in [2.45, 2.75) is 44.9 Å². The summed E-state index contributed by atoms with van der Waals surface area (Å²) >= 11 is 0. The number of hydrogen-bond acceptors (Lipinski definition) is 1. The molecule has 1 heteroatoms. The predicted molar refractivity (Wildman–Crippen MR) is 46.7 cm³/mol. The van der Waals surface area contributed by atoms with Gasteiger partial charge in [-0.25, -0.2) is 0 Å². The number of Topliss-reactive ketones (excluding diaryl/α,β-unsaturated/α-hetero) is 1. The van der Waals surface area contributed by atoms with E-state index < -0.39 is 0 Å². The van der Waals surface area contributed by atoms with E-state index in [1.54, 1.807) is 0 Å². The van der Waals surface area contributed by atoms with Crippen LogP contribution in [-0.2, 0) is 4.79 Å². The van der Waals surface area contributed by atoms with Gasteiger partial charge in [-0.2, -0.15) is 0 Å². The molecule has 0 N–H and O–H groups in total. The number of carbonyl (C=O) groups excluding carboxylic acids is 1. The Kier molecular flexibility index (Phi) is 1.26. The lowest BCUT2D eigenvalue weighted by molar-refractivity contribution is -0.118. The van der Waals surface area contributed by atoms with Crippen molar-refractivity contribution in [1.82, 2.24) is 0 Å². The number of rotatable bonds is 0. The van der Waals surface area contributed by atoms with Gasteiger partial charge in [0.1, 0.15) is 5.78 Å². The number of hydrogen-bond donors (Lipinski definition) is 0. The Hall–Kier alpha value is -0.330. The molecule has 3 atom stereocenters. The molecule has 12 heavy (non-hydrogen) atoms. The molecule has 3 fully saturated rings. The third-order valence-electron chi connectivity index (χ3n) is 4.68. The van der Waals surface area contributed by atoms with E-state index in [-0.39, 0.29) is 0 Å². The first-order valence-electron chi connectivity index (χ1n) is 5.33. The lowest BCUT2D eigenvalue weighted by Gasteiger charge is -2.28. The fraction of sp³-hybridized carbons (Fsp3) is 0.909. The maximum atomic E-state index is 11.4. The Morgan fingerprint density at radius 3 is 2.92 bits per heavy atom. The van der Waals surface area contributed by atoms with Crippen molar-refractivity contribution in [3.8, 4) is 0 Å². The van der Waals surface area contributed by atoms with Gasteiger partial charge in [-0.05, 0) is 42.9 Å². The minimum atomic E-state index is 0.539. The van der Waals surface area contributed by atoms with Crippen LogP contribution in [0.25, 0.3) is 0 Å². The molecule has 3 aliphatic rings. The highest BCUT2D eigenvalue weighted by Gasteiger charge is 2.56. The van der Waals surface area contributed by atoms with Crippen molar-refractivity contribution < 1.29 is 4.79 Å². The third kappa shape index (κ3) is 0.681. The van der Waals surface area contributed by atoms with E-state index in [0.29, 0.717) is 11.2 Å². The summed E-state index contributed by atoms with van der Waals surface area (Å²) < 4.78 is 0. The largest absolute Gasteiger partial charge is 0.300 e. The fourth-order valence-corrected chi connectivity index (χ4v) is 4.22. The van der Waals surface area contributed by atoms with E-state index in [2.05, 4.69) is 0 Å². The number of carbonyl (C=O) groups is 1. The van der Waals surface area contributed by atoms with Crippen molar-refractivity contribution in [3.05, 3.63) is 0 Å². The van der Waals surface area contributed by atoms with Gasteiger partial charge in [-0.15, -0.1) is 0 Å².